The first-order valence-corrected chi connectivity index (χ1v) is 10.7. The van der Waals surface area contributed by atoms with Crippen molar-refractivity contribution in [2.24, 2.45) is 5.92 Å². The van der Waals surface area contributed by atoms with Gasteiger partial charge in [0.1, 0.15) is 0 Å². The van der Waals surface area contributed by atoms with Crippen LogP contribution in [0.1, 0.15) is 47.4 Å². The Balaban J connectivity index is 1.57. The van der Waals surface area contributed by atoms with Crippen LogP contribution in [0.5, 0.6) is 0 Å². The van der Waals surface area contributed by atoms with Crippen LogP contribution in [0, 0.1) is 5.92 Å². The van der Waals surface area contributed by atoms with E-state index in [-0.39, 0.29) is 12.5 Å². The number of para-hydroxylation sites is 1. The van der Waals surface area contributed by atoms with Crippen molar-refractivity contribution in [3.63, 3.8) is 0 Å². The Morgan fingerprint density at radius 3 is 2.59 bits per heavy atom. The van der Waals surface area contributed by atoms with E-state index >= 15 is 0 Å². The molecule has 0 saturated carbocycles. The number of anilines is 2. The number of hydrogen-bond acceptors (Lipinski definition) is 5. The van der Waals surface area contributed by atoms with E-state index in [1.54, 1.807) is 5.38 Å². The lowest BCUT2D eigenvalue weighted by Crippen LogP contribution is -2.12. The summed E-state index contributed by atoms with van der Waals surface area (Å²) in [6.45, 7) is 5.06. The molecule has 152 valence electrons. The van der Waals surface area contributed by atoms with Crippen LogP contribution in [0.2, 0.25) is 0 Å². The maximum atomic E-state index is 12.4. The van der Waals surface area contributed by atoms with Crippen molar-refractivity contribution in [1.82, 2.24) is 4.98 Å². The Morgan fingerprint density at radius 1 is 1.14 bits per heavy atom. The molecule has 0 aliphatic rings. The number of rotatable bonds is 9. The molecule has 1 aromatic heterocycles. The van der Waals surface area contributed by atoms with Gasteiger partial charge in [0.15, 0.2) is 5.13 Å². The highest BCUT2D eigenvalue weighted by molar-refractivity contribution is 7.13. The number of aliphatic hydroxyl groups excluding tert-OH is 1. The van der Waals surface area contributed by atoms with Gasteiger partial charge in [0.25, 0.3) is 5.91 Å². The Kier molecular flexibility index (Phi) is 7.38. The molecule has 0 bridgehead atoms. The molecule has 0 fully saturated rings. The lowest BCUT2D eigenvalue weighted by atomic mass is 10.0. The SMILES string of the molecule is CC(C)CCc1ccccc1NCc1ccc(C(=O)Nc2nc(CO)cs2)cc1. The molecule has 0 atom stereocenters. The summed E-state index contributed by atoms with van der Waals surface area (Å²) in [6, 6.07) is 16.0. The molecule has 0 unspecified atom stereocenters. The monoisotopic (exact) mass is 409 g/mol. The maximum absolute atomic E-state index is 12.4. The van der Waals surface area contributed by atoms with Gasteiger partial charge in [-0.2, -0.15) is 0 Å². The van der Waals surface area contributed by atoms with E-state index in [0.717, 1.165) is 12.0 Å². The molecule has 2 aromatic carbocycles. The van der Waals surface area contributed by atoms with Crippen LogP contribution in [0.3, 0.4) is 0 Å². The molecule has 0 spiro atoms. The van der Waals surface area contributed by atoms with Crippen molar-refractivity contribution in [2.75, 3.05) is 10.6 Å². The molecule has 0 saturated heterocycles. The van der Waals surface area contributed by atoms with Gasteiger partial charge in [0.05, 0.1) is 12.3 Å². The van der Waals surface area contributed by atoms with Crippen LogP contribution in [-0.2, 0) is 19.6 Å². The first-order valence-electron chi connectivity index (χ1n) is 9.82. The van der Waals surface area contributed by atoms with Gasteiger partial charge in [-0.25, -0.2) is 4.98 Å². The third-order valence-electron chi connectivity index (χ3n) is 4.64. The number of aromatic nitrogens is 1. The number of carbonyl (C=O) groups excluding carboxylic acids is 1. The molecule has 1 heterocycles. The molecule has 29 heavy (non-hydrogen) atoms. The lowest BCUT2D eigenvalue weighted by molar-refractivity contribution is 0.102. The Hall–Kier alpha value is -2.70. The highest BCUT2D eigenvalue weighted by Gasteiger charge is 2.09. The Bertz CT molecular complexity index is 935. The summed E-state index contributed by atoms with van der Waals surface area (Å²) in [5.74, 6) is 0.476. The summed E-state index contributed by atoms with van der Waals surface area (Å²) in [7, 11) is 0. The summed E-state index contributed by atoms with van der Waals surface area (Å²) in [5, 5.41) is 17.6. The fourth-order valence-corrected chi connectivity index (χ4v) is 3.63. The van der Waals surface area contributed by atoms with E-state index in [1.807, 2.05) is 24.3 Å². The van der Waals surface area contributed by atoms with E-state index in [1.165, 1.54) is 29.0 Å². The average Bonchev–Trinajstić information content (AvgIpc) is 3.19. The van der Waals surface area contributed by atoms with Crippen molar-refractivity contribution < 1.29 is 9.90 Å². The van der Waals surface area contributed by atoms with E-state index in [2.05, 4.69) is 53.7 Å². The smallest absolute Gasteiger partial charge is 0.257 e. The van der Waals surface area contributed by atoms with Gasteiger partial charge in [0, 0.05) is 23.2 Å². The molecule has 3 N–H and O–H groups in total. The molecule has 0 aliphatic carbocycles. The normalized spacial score (nSPS) is 10.9. The van der Waals surface area contributed by atoms with Gasteiger partial charge in [0.2, 0.25) is 0 Å². The van der Waals surface area contributed by atoms with Gasteiger partial charge >= 0.3 is 0 Å². The number of amides is 1. The first kappa shape index (κ1) is 21.0. The summed E-state index contributed by atoms with van der Waals surface area (Å²) < 4.78 is 0. The zero-order valence-electron chi connectivity index (χ0n) is 16.8. The van der Waals surface area contributed by atoms with Gasteiger partial charge < -0.3 is 10.4 Å². The van der Waals surface area contributed by atoms with Gasteiger partial charge in [-0.05, 0) is 48.1 Å². The molecule has 0 aliphatic heterocycles. The summed E-state index contributed by atoms with van der Waals surface area (Å²) >= 11 is 1.30. The van der Waals surface area contributed by atoms with Gasteiger partial charge in [-0.1, -0.05) is 44.2 Å². The predicted octanol–water partition coefficient (Wildman–Crippen LogP) is 5.09. The second-order valence-corrected chi connectivity index (χ2v) is 8.25. The van der Waals surface area contributed by atoms with Crippen LogP contribution in [0.15, 0.2) is 53.9 Å². The van der Waals surface area contributed by atoms with Gasteiger partial charge in [-0.15, -0.1) is 11.3 Å². The van der Waals surface area contributed by atoms with E-state index in [0.29, 0.717) is 28.9 Å². The molecule has 5 nitrogen and oxygen atoms in total. The van der Waals surface area contributed by atoms with Crippen LogP contribution >= 0.6 is 11.3 Å². The number of thiazole rings is 1. The number of benzene rings is 2. The number of aryl methyl sites for hydroxylation is 1. The van der Waals surface area contributed by atoms with Crippen LogP contribution in [0.4, 0.5) is 10.8 Å². The third-order valence-corrected chi connectivity index (χ3v) is 5.45. The summed E-state index contributed by atoms with van der Waals surface area (Å²) in [4.78, 5) is 16.5. The highest BCUT2D eigenvalue weighted by atomic mass is 32.1. The van der Waals surface area contributed by atoms with Crippen molar-refractivity contribution in [2.45, 2.75) is 39.8 Å². The number of nitrogens with one attached hydrogen (secondary N) is 2. The third kappa shape index (κ3) is 6.14. The summed E-state index contributed by atoms with van der Waals surface area (Å²) in [5.41, 5.74) is 4.74. The van der Waals surface area contributed by atoms with E-state index < -0.39 is 0 Å². The van der Waals surface area contributed by atoms with Crippen LogP contribution < -0.4 is 10.6 Å². The Labute approximate surface area is 175 Å². The molecule has 3 rings (SSSR count). The predicted molar refractivity (Wildman–Crippen MR) is 119 cm³/mol. The zero-order chi connectivity index (χ0) is 20.6. The molecular weight excluding hydrogens is 382 g/mol. The second kappa shape index (κ2) is 10.2. The fourth-order valence-electron chi connectivity index (χ4n) is 2.93. The quantitative estimate of drug-likeness (QED) is 0.460. The largest absolute Gasteiger partial charge is 0.390 e. The summed E-state index contributed by atoms with van der Waals surface area (Å²) in [6.07, 6.45) is 2.23. The lowest BCUT2D eigenvalue weighted by Gasteiger charge is -2.13. The van der Waals surface area contributed by atoms with Crippen LogP contribution in [-0.4, -0.2) is 16.0 Å². The van der Waals surface area contributed by atoms with Crippen molar-refractivity contribution in [1.29, 1.82) is 0 Å². The standard InChI is InChI=1S/C23H27N3O2S/c1-16(2)7-10-18-5-3-4-6-21(18)24-13-17-8-11-19(12-9-17)22(28)26-23-25-20(14-27)15-29-23/h3-6,8-9,11-12,15-16,24,27H,7,10,13-14H2,1-2H3,(H,25,26,28). The van der Waals surface area contributed by atoms with Crippen LogP contribution in [0.25, 0.3) is 0 Å². The average molecular weight is 410 g/mol. The molecular formula is C23H27N3O2S. The topological polar surface area (TPSA) is 74.2 Å². The van der Waals surface area contributed by atoms with Crippen molar-refractivity contribution in [3.8, 4) is 0 Å². The fraction of sp³-hybridized carbons (Fsp3) is 0.304. The van der Waals surface area contributed by atoms with E-state index in [4.69, 9.17) is 5.11 Å². The first-order chi connectivity index (χ1) is 14.0. The number of aliphatic hydroxyl groups is 1. The zero-order valence-corrected chi connectivity index (χ0v) is 17.6. The minimum atomic E-state index is -0.206. The maximum Gasteiger partial charge on any atom is 0.257 e. The van der Waals surface area contributed by atoms with E-state index in [9.17, 15) is 4.79 Å². The molecule has 6 heteroatoms. The minimum Gasteiger partial charge on any atom is -0.390 e. The minimum absolute atomic E-state index is 0.130. The number of hydrogen-bond donors (Lipinski definition) is 3. The second-order valence-electron chi connectivity index (χ2n) is 7.40. The Morgan fingerprint density at radius 2 is 1.90 bits per heavy atom. The number of carbonyl (C=O) groups is 1. The number of nitrogens with zero attached hydrogens (tertiary/aromatic N) is 1. The van der Waals surface area contributed by atoms with Crippen molar-refractivity contribution >= 4 is 28.1 Å². The molecule has 0 radical (unpaired) electrons. The van der Waals surface area contributed by atoms with Gasteiger partial charge in [-0.3, -0.25) is 10.1 Å². The molecule has 3 aromatic rings. The molecule has 1 amide bonds. The highest BCUT2D eigenvalue weighted by Crippen LogP contribution is 2.20. The van der Waals surface area contributed by atoms with Crippen molar-refractivity contribution in [3.05, 3.63) is 76.3 Å².